The minimum atomic E-state index is -0.435. The molecule has 4 aliphatic rings. The number of rotatable bonds is 7. The normalized spacial score (nSPS) is 18.5. The van der Waals surface area contributed by atoms with Crippen LogP contribution in [-0.4, -0.2) is 11.9 Å². The zero-order valence-electron chi connectivity index (χ0n) is 31.0. The lowest BCUT2D eigenvalue weighted by Crippen LogP contribution is -2.34. The third-order valence-corrected chi connectivity index (χ3v) is 12.3. The van der Waals surface area contributed by atoms with Crippen LogP contribution in [0.4, 0.5) is 0 Å². The highest BCUT2D eigenvalue weighted by Gasteiger charge is 2.48. The Balaban J connectivity index is 0.928. The van der Waals surface area contributed by atoms with Gasteiger partial charge in [0.05, 0.1) is 6.54 Å². The minimum Gasteiger partial charge on any atom is -0.485 e. The van der Waals surface area contributed by atoms with Crippen LogP contribution in [0.1, 0.15) is 78.1 Å². The summed E-state index contributed by atoms with van der Waals surface area (Å²) >= 11 is 0. The van der Waals surface area contributed by atoms with Gasteiger partial charge in [0.15, 0.2) is 0 Å². The van der Waals surface area contributed by atoms with E-state index in [1.54, 1.807) is 5.57 Å². The van der Waals surface area contributed by atoms with Gasteiger partial charge in [0.2, 0.25) is 0 Å². The van der Waals surface area contributed by atoms with E-state index in [9.17, 15) is 0 Å². The molecule has 3 aliphatic carbocycles. The summed E-state index contributed by atoms with van der Waals surface area (Å²) in [6.45, 7) is 0.559. The van der Waals surface area contributed by atoms with Crippen LogP contribution in [0.5, 0.6) is 5.75 Å². The van der Waals surface area contributed by atoms with Crippen molar-refractivity contribution in [3.63, 3.8) is 0 Å². The lowest BCUT2D eigenvalue weighted by atomic mass is 9.66. The molecule has 2 atom stereocenters. The number of amidine groups is 1. The van der Waals surface area contributed by atoms with Crippen LogP contribution in [0.3, 0.4) is 0 Å². The third-order valence-electron chi connectivity index (χ3n) is 12.3. The number of benzene rings is 6. The van der Waals surface area contributed by atoms with Gasteiger partial charge in [0, 0.05) is 28.5 Å². The van der Waals surface area contributed by atoms with Crippen molar-refractivity contribution >= 4 is 17.0 Å². The lowest BCUT2D eigenvalue weighted by Gasteiger charge is -2.38. The number of nitrogens with two attached hydrogens (primary N) is 1. The molecule has 0 aromatic heterocycles. The predicted octanol–water partition coefficient (Wildman–Crippen LogP) is 11.4. The van der Waals surface area contributed by atoms with Gasteiger partial charge in [-0.05, 0) is 80.6 Å². The fraction of sp³-hybridized carbons (Fsp3) is 0.196. The van der Waals surface area contributed by atoms with Crippen LogP contribution in [0.25, 0.3) is 33.4 Å². The number of hydrogen-bond donors (Lipinski definition) is 2. The zero-order chi connectivity index (χ0) is 36.8. The maximum absolute atomic E-state index is 6.90. The van der Waals surface area contributed by atoms with E-state index in [2.05, 4.69) is 151 Å². The lowest BCUT2D eigenvalue weighted by molar-refractivity contribution is 0.280. The molecule has 1 heterocycles. The van der Waals surface area contributed by atoms with Crippen LogP contribution < -0.4 is 15.8 Å². The molecule has 1 saturated carbocycles. The summed E-state index contributed by atoms with van der Waals surface area (Å²) in [7, 11) is 0. The summed E-state index contributed by atoms with van der Waals surface area (Å²) in [5, 5.41) is 3.57. The van der Waals surface area contributed by atoms with Gasteiger partial charge in [-0.3, -0.25) is 4.99 Å². The molecule has 270 valence electrons. The number of nitrogens with one attached hydrogen (secondary N) is 1. The third kappa shape index (κ3) is 6.11. The Hall–Kier alpha value is -5.97. The summed E-state index contributed by atoms with van der Waals surface area (Å²) in [5.74, 6) is 1.80. The second-order valence-electron chi connectivity index (χ2n) is 15.5. The Bertz CT molecular complexity index is 2450. The number of nitrogens with zero attached hydrogens (tertiary/aromatic N) is 1. The number of hydrogen-bond acceptors (Lipinski definition) is 3. The highest BCUT2D eigenvalue weighted by atomic mass is 16.5. The quantitative estimate of drug-likeness (QED) is 0.0983. The van der Waals surface area contributed by atoms with E-state index in [0.717, 1.165) is 34.7 Å². The largest absolute Gasteiger partial charge is 0.485 e. The van der Waals surface area contributed by atoms with Gasteiger partial charge in [0.25, 0.3) is 0 Å². The van der Waals surface area contributed by atoms with E-state index in [-0.39, 0.29) is 11.5 Å². The number of aliphatic imine (C=N–C) groups is 1. The average molecular weight is 716 g/mol. The fourth-order valence-corrected chi connectivity index (χ4v) is 9.51. The summed E-state index contributed by atoms with van der Waals surface area (Å²) in [6, 6.07) is 53.9. The summed E-state index contributed by atoms with van der Waals surface area (Å²) in [5.41, 5.74) is 23.6. The van der Waals surface area contributed by atoms with E-state index in [1.807, 2.05) is 12.1 Å². The van der Waals surface area contributed by atoms with Crippen molar-refractivity contribution in [2.45, 2.75) is 62.8 Å². The van der Waals surface area contributed by atoms with E-state index >= 15 is 0 Å². The van der Waals surface area contributed by atoms with Gasteiger partial charge >= 0.3 is 0 Å². The number of ether oxygens (including phenoxy) is 1. The van der Waals surface area contributed by atoms with Gasteiger partial charge < -0.3 is 15.8 Å². The first kappa shape index (κ1) is 33.6. The molecule has 3 N–H and O–H groups in total. The molecule has 10 rings (SSSR count). The molecular formula is C51H45N3O. The first-order valence-corrected chi connectivity index (χ1v) is 19.9. The highest BCUT2D eigenvalue weighted by Crippen LogP contribution is 2.59. The van der Waals surface area contributed by atoms with E-state index in [4.69, 9.17) is 15.5 Å². The molecular weight excluding hydrogens is 671 g/mol. The molecule has 1 fully saturated rings. The van der Waals surface area contributed by atoms with Crippen LogP contribution in [0.15, 0.2) is 168 Å². The maximum Gasteiger partial charge on any atom is 0.130 e. The van der Waals surface area contributed by atoms with E-state index in [0.29, 0.717) is 6.54 Å². The molecule has 0 saturated heterocycles. The monoisotopic (exact) mass is 715 g/mol. The molecule has 0 amide bonds. The predicted molar refractivity (Wildman–Crippen MR) is 226 cm³/mol. The van der Waals surface area contributed by atoms with Gasteiger partial charge in [-0.25, -0.2) is 0 Å². The molecule has 0 radical (unpaired) electrons. The van der Waals surface area contributed by atoms with Gasteiger partial charge in [-0.1, -0.05) is 165 Å². The summed E-state index contributed by atoms with van der Waals surface area (Å²) < 4.78 is 6.55. The summed E-state index contributed by atoms with van der Waals surface area (Å²) in [4.78, 5) is 5.04. The van der Waals surface area contributed by atoms with Crippen LogP contribution >= 0.6 is 0 Å². The van der Waals surface area contributed by atoms with Crippen LogP contribution in [0, 0.1) is 0 Å². The summed E-state index contributed by atoms with van der Waals surface area (Å²) in [6.07, 6.45) is 9.45. The van der Waals surface area contributed by atoms with Gasteiger partial charge in [0.1, 0.15) is 23.9 Å². The van der Waals surface area contributed by atoms with E-state index in [1.165, 1.54) is 82.2 Å². The van der Waals surface area contributed by atoms with Crippen molar-refractivity contribution in [1.29, 1.82) is 0 Å². The van der Waals surface area contributed by atoms with E-state index < -0.39 is 6.17 Å². The first-order valence-electron chi connectivity index (χ1n) is 19.9. The van der Waals surface area contributed by atoms with Crippen molar-refractivity contribution in [3.8, 4) is 28.0 Å². The Morgan fingerprint density at radius 3 is 2.13 bits per heavy atom. The Morgan fingerprint density at radius 1 is 0.691 bits per heavy atom. The molecule has 4 nitrogen and oxygen atoms in total. The highest BCUT2D eigenvalue weighted by molar-refractivity contribution is 5.99. The molecule has 55 heavy (non-hydrogen) atoms. The second-order valence-corrected chi connectivity index (χ2v) is 15.5. The Kier molecular flexibility index (Phi) is 8.57. The van der Waals surface area contributed by atoms with Gasteiger partial charge in [-0.15, -0.1) is 0 Å². The Morgan fingerprint density at radius 2 is 1.35 bits per heavy atom. The molecule has 6 aromatic rings. The SMILES string of the molecule is NC(N/C(=N\Cc1ccccc1)c1ccc(-c2ccccc2)cc1)c1ccc(-c2ccc3c(c2)C2=C(C=C4c5ccccc5OC4C2)C32CCCCC2)cc1. The Labute approximate surface area is 324 Å². The van der Waals surface area contributed by atoms with Crippen molar-refractivity contribution < 1.29 is 4.74 Å². The number of para-hydroxylation sites is 1. The average Bonchev–Trinajstić information content (AvgIpc) is 3.74. The topological polar surface area (TPSA) is 59.6 Å². The molecule has 6 aromatic carbocycles. The second kappa shape index (κ2) is 14.0. The van der Waals surface area contributed by atoms with Crippen molar-refractivity contribution in [3.05, 3.63) is 197 Å². The van der Waals surface area contributed by atoms with Crippen molar-refractivity contribution in [2.75, 3.05) is 0 Å². The van der Waals surface area contributed by atoms with Crippen molar-refractivity contribution in [2.24, 2.45) is 10.7 Å². The maximum atomic E-state index is 6.90. The molecule has 1 aliphatic heterocycles. The number of allylic oxidation sites excluding steroid dienone is 2. The minimum absolute atomic E-state index is 0.0857. The first-order chi connectivity index (χ1) is 27.1. The van der Waals surface area contributed by atoms with Crippen molar-refractivity contribution in [1.82, 2.24) is 5.32 Å². The molecule has 1 spiro atoms. The molecule has 0 bridgehead atoms. The standard InChI is InChI=1S/C51H45N3O/c52-49(54-50(53-33-34-12-4-1-5-13-34)39-24-20-36(21-25-39)35-14-6-2-7-15-35)38-22-18-37(19-23-38)40-26-27-45-42(30-40)43-32-48-44(41-16-8-9-17-47(41)55-48)31-46(43)51(45)28-10-3-11-29-51/h1-2,4-9,12-27,30-31,48-49H,3,10-11,28-29,32-33,52H2,(H,53,54). The smallest absolute Gasteiger partial charge is 0.130 e. The van der Waals surface area contributed by atoms with Crippen LogP contribution in [0.2, 0.25) is 0 Å². The number of fused-ring (bicyclic) bond motifs is 7. The molecule has 2 unspecified atom stereocenters. The molecule has 4 heteroatoms. The fourth-order valence-electron chi connectivity index (χ4n) is 9.51. The van der Waals surface area contributed by atoms with Crippen LogP contribution in [-0.2, 0) is 12.0 Å². The van der Waals surface area contributed by atoms with Gasteiger partial charge in [-0.2, -0.15) is 0 Å². The zero-order valence-corrected chi connectivity index (χ0v) is 31.0.